The van der Waals surface area contributed by atoms with Gasteiger partial charge in [-0.1, -0.05) is 60.5 Å². The van der Waals surface area contributed by atoms with Crippen LogP contribution in [0.5, 0.6) is 0 Å². The van der Waals surface area contributed by atoms with Crippen molar-refractivity contribution in [3.05, 3.63) is 112 Å². The number of amides is 1. The molecule has 0 aliphatic heterocycles. The van der Waals surface area contributed by atoms with Crippen LogP contribution in [-0.2, 0) is 19.4 Å². The van der Waals surface area contributed by atoms with E-state index in [1.807, 2.05) is 36.4 Å². The summed E-state index contributed by atoms with van der Waals surface area (Å²) in [5.74, 6) is -0.0777. The molecule has 33 heavy (non-hydrogen) atoms. The van der Waals surface area contributed by atoms with Crippen LogP contribution in [0, 0.1) is 0 Å². The normalized spacial score (nSPS) is 13.2. The van der Waals surface area contributed by atoms with Gasteiger partial charge in [-0.2, -0.15) is 0 Å². The van der Waals surface area contributed by atoms with Crippen molar-refractivity contribution in [3.63, 3.8) is 0 Å². The van der Waals surface area contributed by atoms with E-state index in [1.54, 1.807) is 0 Å². The first-order valence-electron chi connectivity index (χ1n) is 11.6. The zero-order chi connectivity index (χ0) is 22.6. The molecule has 166 valence electrons. The first-order chi connectivity index (χ1) is 16.2. The van der Waals surface area contributed by atoms with Gasteiger partial charge >= 0.3 is 0 Å². The van der Waals surface area contributed by atoms with Crippen LogP contribution in [-0.4, -0.2) is 10.5 Å². The van der Waals surface area contributed by atoms with E-state index in [-0.39, 0.29) is 5.91 Å². The van der Waals surface area contributed by atoms with Gasteiger partial charge in [0.1, 0.15) is 0 Å². The van der Waals surface area contributed by atoms with Gasteiger partial charge in [0.2, 0.25) is 0 Å². The molecule has 3 nitrogen and oxygen atoms in total. The maximum Gasteiger partial charge on any atom is 0.251 e. The van der Waals surface area contributed by atoms with Gasteiger partial charge in [0.05, 0.1) is 5.69 Å². The third kappa shape index (κ3) is 4.74. The highest BCUT2D eigenvalue weighted by atomic mass is 35.5. The molecule has 1 amide bonds. The number of fused-ring (bicyclic) bond motifs is 1. The summed E-state index contributed by atoms with van der Waals surface area (Å²) in [7, 11) is 0. The van der Waals surface area contributed by atoms with Crippen LogP contribution in [0.4, 0.5) is 0 Å². The van der Waals surface area contributed by atoms with Crippen LogP contribution in [0.25, 0.3) is 16.9 Å². The highest BCUT2D eigenvalue weighted by Crippen LogP contribution is 2.33. The molecule has 0 spiro atoms. The second-order valence-electron chi connectivity index (χ2n) is 8.62. The number of carbonyl (C=O) groups is 1. The third-order valence-corrected chi connectivity index (χ3v) is 6.63. The van der Waals surface area contributed by atoms with Crippen molar-refractivity contribution < 1.29 is 4.79 Å². The number of rotatable bonds is 5. The largest absolute Gasteiger partial charge is 0.348 e. The molecule has 0 fully saturated rings. The maximum absolute atomic E-state index is 12.7. The minimum absolute atomic E-state index is 0.0777. The molecular formula is C29H27ClN2O. The van der Waals surface area contributed by atoms with Gasteiger partial charge in [0, 0.05) is 28.5 Å². The predicted octanol–water partition coefficient (Wildman–Crippen LogP) is 7.00. The SMILES string of the molecule is O=C(NCc1ccc(Cl)cc1)c1ccc(-n2c(-c3ccccc3)cc3c2CCCCC3)cc1. The highest BCUT2D eigenvalue weighted by molar-refractivity contribution is 6.30. The summed E-state index contributed by atoms with van der Waals surface area (Å²) in [6.45, 7) is 0.473. The second kappa shape index (κ2) is 9.68. The Bertz CT molecular complexity index is 1240. The fourth-order valence-electron chi connectivity index (χ4n) is 4.64. The van der Waals surface area contributed by atoms with Crippen LogP contribution in [0.1, 0.15) is 46.4 Å². The Balaban J connectivity index is 1.42. The van der Waals surface area contributed by atoms with Gasteiger partial charge in [-0.25, -0.2) is 0 Å². The molecule has 1 N–H and O–H groups in total. The molecule has 0 atom stereocenters. The molecular weight excluding hydrogens is 428 g/mol. The molecule has 0 radical (unpaired) electrons. The van der Waals surface area contributed by atoms with Crippen molar-refractivity contribution in [1.82, 2.24) is 9.88 Å². The Morgan fingerprint density at radius 2 is 1.58 bits per heavy atom. The third-order valence-electron chi connectivity index (χ3n) is 6.38. The van der Waals surface area contributed by atoms with Crippen LogP contribution in [0.2, 0.25) is 5.02 Å². The van der Waals surface area contributed by atoms with Crippen LogP contribution >= 0.6 is 11.6 Å². The smallest absolute Gasteiger partial charge is 0.251 e. The van der Waals surface area contributed by atoms with Gasteiger partial charge in [0.25, 0.3) is 5.91 Å². The fraction of sp³-hybridized carbons (Fsp3) is 0.207. The topological polar surface area (TPSA) is 34.0 Å². The lowest BCUT2D eigenvalue weighted by Gasteiger charge is -2.15. The van der Waals surface area contributed by atoms with Crippen LogP contribution in [0.15, 0.2) is 84.9 Å². The fourth-order valence-corrected chi connectivity index (χ4v) is 4.77. The van der Waals surface area contributed by atoms with Crippen molar-refractivity contribution in [2.75, 3.05) is 0 Å². The zero-order valence-corrected chi connectivity index (χ0v) is 19.3. The summed E-state index contributed by atoms with van der Waals surface area (Å²) < 4.78 is 2.39. The van der Waals surface area contributed by atoms with Crippen molar-refractivity contribution in [3.8, 4) is 16.9 Å². The lowest BCUT2D eigenvalue weighted by atomic mass is 10.1. The molecule has 0 saturated carbocycles. The standard InChI is InChI=1S/C29H27ClN2O/c30-25-15-11-21(12-16-25)20-31-29(33)23-13-17-26(18-14-23)32-27-10-6-2-5-9-24(27)19-28(32)22-7-3-1-4-8-22/h1,3-4,7-8,11-19H,2,5-6,9-10,20H2,(H,31,33). The summed E-state index contributed by atoms with van der Waals surface area (Å²) in [5, 5.41) is 3.69. The first kappa shape index (κ1) is 21.5. The second-order valence-corrected chi connectivity index (χ2v) is 9.06. The quantitative estimate of drug-likeness (QED) is 0.324. The Labute approximate surface area is 200 Å². The van der Waals surface area contributed by atoms with E-state index in [1.165, 1.54) is 41.8 Å². The van der Waals surface area contributed by atoms with E-state index < -0.39 is 0 Å². The lowest BCUT2D eigenvalue weighted by molar-refractivity contribution is 0.0951. The Morgan fingerprint density at radius 3 is 2.33 bits per heavy atom. The Hall–Kier alpha value is -3.30. The molecule has 1 aromatic heterocycles. The molecule has 0 saturated heterocycles. The van der Waals surface area contributed by atoms with E-state index in [0.717, 1.165) is 24.1 Å². The number of nitrogens with zero attached hydrogens (tertiary/aromatic N) is 1. The predicted molar refractivity (Wildman–Crippen MR) is 135 cm³/mol. The zero-order valence-electron chi connectivity index (χ0n) is 18.6. The van der Waals surface area contributed by atoms with E-state index in [9.17, 15) is 4.79 Å². The van der Waals surface area contributed by atoms with Gasteiger partial charge in [0.15, 0.2) is 0 Å². The monoisotopic (exact) mass is 454 g/mol. The highest BCUT2D eigenvalue weighted by Gasteiger charge is 2.19. The van der Waals surface area contributed by atoms with Gasteiger partial charge in [-0.3, -0.25) is 4.79 Å². The number of carbonyl (C=O) groups excluding carboxylic acids is 1. The Morgan fingerprint density at radius 1 is 0.848 bits per heavy atom. The van der Waals surface area contributed by atoms with E-state index in [2.05, 4.69) is 58.4 Å². The number of aryl methyl sites for hydroxylation is 1. The van der Waals surface area contributed by atoms with Crippen molar-refractivity contribution in [2.45, 2.75) is 38.6 Å². The molecule has 1 aliphatic carbocycles. The van der Waals surface area contributed by atoms with E-state index in [4.69, 9.17) is 11.6 Å². The molecule has 0 unspecified atom stereocenters. The summed E-state index contributed by atoms with van der Waals surface area (Å²) in [4.78, 5) is 12.7. The number of halogens is 1. The average Bonchev–Trinajstić information content (AvgIpc) is 3.06. The van der Waals surface area contributed by atoms with Crippen molar-refractivity contribution >= 4 is 17.5 Å². The number of benzene rings is 3. The number of hydrogen-bond acceptors (Lipinski definition) is 1. The molecule has 1 heterocycles. The van der Waals surface area contributed by atoms with Gasteiger partial charge in [-0.05, 0) is 84.8 Å². The summed E-state index contributed by atoms with van der Waals surface area (Å²) in [5.41, 5.74) is 8.09. The van der Waals surface area contributed by atoms with Gasteiger partial charge < -0.3 is 9.88 Å². The average molecular weight is 455 g/mol. The molecule has 5 rings (SSSR count). The molecule has 3 aromatic carbocycles. The summed E-state index contributed by atoms with van der Waals surface area (Å²) in [6, 6.07) is 28.4. The summed E-state index contributed by atoms with van der Waals surface area (Å²) >= 11 is 5.94. The maximum atomic E-state index is 12.7. The number of nitrogens with one attached hydrogen (secondary N) is 1. The van der Waals surface area contributed by atoms with Crippen LogP contribution < -0.4 is 5.32 Å². The van der Waals surface area contributed by atoms with E-state index in [0.29, 0.717) is 17.1 Å². The molecule has 4 aromatic rings. The van der Waals surface area contributed by atoms with Crippen molar-refractivity contribution in [1.29, 1.82) is 0 Å². The minimum atomic E-state index is -0.0777. The summed E-state index contributed by atoms with van der Waals surface area (Å²) in [6.07, 6.45) is 5.97. The molecule has 1 aliphatic rings. The van der Waals surface area contributed by atoms with Crippen LogP contribution in [0.3, 0.4) is 0 Å². The number of aromatic nitrogens is 1. The molecule has 0 bridgehead atoms. The van der Waals surface area contributed by atoms with Crippen molar-refractivity contribution in [2.24, 2.45) is 0 Å². The first-order valence-corrected chi connectivity index (χ1v) is 12.0. The van der Waals surface area contributed by atoms with Gasteiger partial charge in [-0.15, -0.1) is 0 Å². The number of hydrogen-bond donors (Lipinski definition) is 1. The minimum Gasteiger partial charge on any atom is -0.348 e. The Kier molecular flexibility index (Phi) is 6.32. The lowest BCUT2D eigenvalue weighted by Crippen LogP contribution is -2.22. The molecule has 4 heteroatoms. The van der Waals surface area contributed by atoms with E-state index >= 15 is 0 Å².